The van der Waals surface area contributed by atoms with Crippen LogP contribution in [-0.4, -0.2) is 88.9 Å². The van der Waals surface area contributed by atoms with E-state index in [2.05, 4.69) is 22.0 Å². The first kappa shape index (κ1) is 38.1. The summed E-state index contributed by atoms with van der Waals surface area (Å²) < 4.78 is 11.5. The zero-order valence-electron chi connectivity index (χ0n) is 30.6. The Morgan fingerprint density at radius 1 is 0.980 bits per heavy atom. The number of nitrogens with one attached hydrogen (secondary N) is 3. The lowest BCUT2D eigenvalue weighted by Crippen LogP contribution is -2.59. The maximum Gasteiger partial charge on any atom is 0.410 e. The van der Waals surface area contributed by atoms with E-state index in [4.69, 9.17) is 9.47 Å². The summed E-state index contributed by atoms with van der Waals surface area (Å²) in [6.07, 6.45) is 6.59. The number of hydrogen-bond acceptors (Lipinski definition) is 8. The van der Waals surface area contributed by atoms with Crippen molar-refractivity contribution in [3.63, 3.8) is 0 Å². The number of cyclic esters (lactones) is 1. The summed E-state index contributed by atoms with van der Waals surface area (Å²) in [5, 5.41) is 8.29. The summed E-state index contributed by atoms with van der Waals surface area (Å²) in [5.74, 6) is -2.63. The standard InChI is InChI=1S/C38H55N5O8/c1-5-13-29(31(44)34(46)39-26-17-9-10-18-26)40-33(45)30-20-27-22-43(30)35(47)32(38(2,3)4)41-36(48)50-19-11-7-6-8-14-24-15-12-16-25-21-42(23-28(24)25)37(49)51-27/h12,15-16,26-27,29-30,32H,5-11,13-14,17-23H2,1-4H3,(H,39,46)(H,40,45)(H,41,48)/t27-,29+,30+,32-/m1/s1. The molecule has 0 spiro atoms. The molecule has 5 amide bonds. The van der Waals surface area contributed by atoms with Gasteiger partial charge in [-0.2, -0.15) is 0 Å². The van der Waals surface area contributed by atoms with Crippen molar-refractivity contribution in [2.75, 3.05) is 13.2 Å². The van der Waals surface area contributed by atoms with E-state index in [0.717, 1.165) is 62.5 Å². The van der Waals surface area contributed by atoms with Gasteiger partial charge in [0.1, 0.15) is 18.2 Å². The van der Waals surface area contributed by atoms with Gasteiger partial charge < -0.3 is 30.3 Å². The van der Waals surface area contributed by atoms with E-state index in [1.54, 1.807) is 25.7 Å². The number of carbonyl (C=O) groups excluding carboxylic acids is 6. The van der Waals surface area contributed by atoms with E-state index in [0.29, 0.717) is 25.9 Å². The molecule has 1 saturated carbocycles. The number of fused-ring (bicyclic) bond motifs is 3. The van der Waals surface area contributed by atoms with E-state index in [1.165, 1.54) is 10.5 Å². The molecule has 13 nitrogen and oxygen atoms in total. The molecule has 1 saturated heterocycles. The average molecular weight is 710 g/mol. The molecule has 4 aliphatic rings. The Balaban J connectivity index is 1.38. The zero-order valence-corrected chi connectivity index (χ0v) is 30.6. The van der Waals surface area contributed by atoms with Crippen LogP contribution >= 0.6 is 0 Å². The lowest BCUT2D eigenvalue weighted by atomic mass is 9.85. The molecule has 3 aliphatic heterocycles. The molecule has 13 heteroatoms. The van der Waals surface area contributed by atoms with Crippen LogP contribution in [0.3, 0.4) is 0 Å². The van der Waals surface area contributed by atoms with Gasteiger partial charge in [-0.3, -0.25) is 24.1 Å². The topological polar surface area (TPSA) is 163 Å². The molecule has 280 valence electrons. The third-order valence-electron chi connectivity index (χ3n) is 10.5. The Kier molecular flexibility index (Phi) is 12.6. The fourth-order valence-electron chi connectivity index (χ4n) is 7.67. The number of carbonyl (C=O) groups is 6. The third kappa shape index (κ3) is 9.59. The van der Waals surface area contributed by atoms with Gasteiger partial charge in [-0.15, -0.1) is 0 Å². The highest BCUT2D eigenvalue weighted by atomic mass is 16.6. The van der Waals surface area contributed by atoms with Gasteiger partial charge in [-0.1, -0.05) is 78.0 Å². The van der Waals surface area contributed by atoms with Crippen molar-refractivity contribution >= 4 is 35.7 Å². The molecule has 5 rings (SSSR count). The smallest absolute Gasteiger partial charge is 0.410 e. The molecule has 1 aromatic rings. The van der Waals surface area contributed by atoms with E-state index in [9.17, 15) is 28.8 Å². The van der Waals surface area contributed by atoms with E-state index in [-0.39, 0.29) is 32.0 Å². The van der Waals surface area contributed by atoms with Gasteiger partial charge in [-0.25, -0.2) is 9.59 Å². The van der Waals surface area contributed by atoms with Crippen LogP contribution < -0.4 is 16.0 Å². The van der Waals surface area contributed by atoms with Crippen LogP contribution in [-0.2, 0) is 48.2 Å². The number of nitrogens with zero attached hydrogens (tertiary/aromatic N) is 2. The second-order valence-corrected chi connectivity index (χ2v) is 15.6. The largest absolute Gasteiger partial charge is 0.450 e. The minimum atomic E-state index is -1.13. The number of ketones is 1. The number of ether oxygens (including phenoxy) is 2. The highest BCUT2D eigenvalue weighted by molar-refractivity contribution is 6.38. The van der Waals surface area contributed by atoms with E-state index >= 15 is 0 Å². The molecular weight excluding hydrogens is 654 g/mol. The van der Waals surface area contributed by atoms with Crippen molar-refractivity contribution in [3.8, 4) is 0 Å². The number of benzene rings is 1. The molecule has 1 aromatic carbocycles. The fraction of sp³-hybridized carbons (Fsp3) is 0.684. The van der Waals surface area contributed by atoms with Gasteiger partial charge in [-0.05, 0) is 60.6 Å². The van der Waals surface area contributed by atoms with Crippen LogP contribution in [0.1, 0.15) is 115 Å². The maximum absolute atomic E-state index is 14.3. The number of alkyl carbamates (subject to hydrolysis) is 1. The number of amides is 5. The Hall–Kier alpha value is -4.16. The van der Waals surface area contributed by atoms with Crippen LogP contribution in [0.15, 0.2) is 18.2 Å². The van der Waals surface area contributed by atoms with Gasteiger partial charge in [0.15, 0.2) is 0 Å². The Morgan fingerprint density at radius 3 is 2.43 bits per heavy atom. The summed E-state index contributed by atoms with van der Waals surface area (Å²) in [5.41, 5.74) is 2.62. The van der Waals surface area contributed by atoms with Crippen LogP contribution in [0.2, 0.25) is 0 Å². The predicted molar refractivity (Wildman–Crippen MR) is 188 cm³/mol. The molecule has 0 aromatic heterocycles. The molecule has 51 heavy (non-hydrogen) atoms. The first-order chi connectivity index (χ1) is 24.3. The summed E-state index contributed by atoms with van der Waals surface area (Å²) >= 11 is 0. The minimum absolute atomic E-state index is 0.0159. The molecule has 2 fully saturated rings. The van der Waals surface area contributed by atoms with Gasteiger partial charge in [0.2, 0.25) is 17.6 Å². The van der Waals surface area contributed by atoms with Crippen molar-refractivity contribution in [1.82, 2.24) is 25.8 Å². The molecular formula is C38H55N5O8. The SMILES string of the molecule is CCC[C@H](NC(=O)[C@@H]1C[C@@H]2CN1C(=O)[C@H](C(C)(C)C)NC(=O)OCCCCCCc1cccc3c1CN(C3)C(=O)O2)C(=O)C(=O)NC1CCCC1. The summed E-state index contributed by atoms with van der Waals surface area (Å²) in [4.78, 5) is 84.1. The number of rotatable bonds is 7. The van der Waals surface area contributed by atoms with Crippen molar-refractivity contribution in [2.45, 2.75) is 148 Å². The number of aryl methyl sites for hydroxylation is 1. The lowest BCUT2D eigenvalue weighted by Gasteiger charge is -2.35. The van der Waals surface area contributed by atoms with Crippen LogP contribution in [0.5, 0.6) is 0 Å². The van der Waals surface area contributed by atoms with Crippen LogP contribution in [0.4, 0.5) is 9.59 Å². The second-order valence-electron chi connectivity index (χ2n) is 15.6. The Labute approximate surface area is 300 Å². The van der Waals surface area contributed by atoms with Gasteiger partial charge in [0, 0.05) is 25.6 Å². The summed E-state index contributed by atoms with van der Waals surface area (Å²) in [7, 11) is 0. The lowest BCUT2D eigenvalue weighted by molar-refractivity contribution is -0.144. The van der Waals surface area contributed by atoms with Gasteiger partial charge in [0.25, 0.3) is 5.91 Å². The molecule has 3 N–H and O–H groups in total. The molecule has 4 bridgehead atoms. The highest BCUT2D eigenvalue weighted by Crippen LogP contribution is 2.31. The monoisotopic (exact) mass is 709 g/mol. The molecule has 1 aliphatic carbocycles. The highest BCUT2D eigenvalue weighted by Gasteiger charge is 2.47. The Bertz CT molecular complexity index is 1470. The quantitative estimate of drug-likeness (QED) is 0.354. The minimum Gasteiger partial charge on any atom is -0.450 e. The number of hydrogen-bond donors (Lipinski definition) is 3. The van der Waals surface area contributed by atoms with Crippen molar-refractivity contribution < 1.29 is 38.2 Å². The van der Waals surface area contributed by atoms with Crippen molar-refractivity contribution in [1.29, 1.82) is 0 Å². The van der Waals surface area contributed by atoms with Gasteiger partial charge in [0.05, 0.1) is 19.2 Å². The maximum atomic E-state index is 14.3. The van der Waals surface area contributed by atoms with Crippen LogP contribution in [0.25, 0.3) is 0 Å². The first-order valence-electron chi connectivity index (χ1n) is 18.8. The molecule has 4 atom stereocenters. The second kappa shape index (κ2) is 16.9. The van der Waals surface area contributed by atoms with Crippen LogP contribution in [0, 0.1) is 5.41 Å². The van der Waals surface area contributed by atoms with Gasteiger partial charge >= 0.3 is 12.2 Å². The normalized spacial score (nSPS) is 24.3. The zero-order chi connectivity index (χ0) is 36.7. The number of Topliss-reactive ketones (excluding diaryl/α,β-unsaturated/α-hetero) is 1. The van der Waals surface area contributed by atoms with Crippen molar-refractivity contribution in [2.24, 2.45) is 5.41 Å². The third-order valence-corrected chi connectivity index (χ3v) is 10.5. The predicted octanol–water partition coefficient (Wildman–Crippen LogP) is 4.28. The van der Waals surface area contributed by atoms with E-state index < -0.39 is 65.3 Å². The Morgan fingerprint density at radius 2 is 1.71 bits per heavy atom. The molecule has 0 radical (unpaired) electrons. The average Bonchev–Trinajstić information content (AvgIpc) is 3.85. The first-order valence-corrected chi connectivity index (χ1v) is 18.8. The molecule has 3 heterocycles. The van der Waals surface area contributed by atoms with Crippen molar-refractivity contribution in [3.05, 3.63) is 34.9 Å². The van der Waals surface area contributed by atoms with E-state index in [1.807, 2.05) is 19.1 Å². The molecule has 0 unspecified atom stereocenters. The summed E-state index contributed by atoms with van der Waals surface area (Å²) in [6, 6.07) is 2.78. The summed E-state index contributed by atoms with van der Waals surface area (Å²) in [6.45, 7) is 8.19. The fourth-order valence-corrected chi connectivity index (χ4v) is 7.67.